The number of fused-ring (bicyclic) bond motifs is 1. The second-order valence-corrected chi connectivity index (χ2v) is 6.16. The summed E-state index contributed by atoms with van der Waals surface area (Å²) >= 11 is 0. The standard InChI is InChI=1S/C18H27NO5/c1-4-19(5-2)14-15(20)16-13(23-18(14)21-3)11-22-17(24-16)12-9-7-6-8-10-12/h6-10,13-18,20H,4-5,11H2,1-3H3/t13-,14-,15-,16-,17-,18-/m1/s1. The summed E-state index contributed by atoms with van der Waals surface area (Å²) in [5.41, 5.74) is 0.941. The summed E-state index contributed by atoms with van der Waals surface area (Å²) < 4.78 is 23.4. The fourth-order valence-corrected chi connectivity index (χ4v) is 3.59. The molecule has 0 unspecified atom stereocenters. The molecule has 3 rings (SSSR count). The lowest BCUT2D eigenvalue weighted by Gasteiger charge is -2.50. The summed E-state index contributed by atoms with van der Waals surface area (Å²) in [4.78, 5) is 2.14. The molecule has 0 aromatic heterocycles. The fourth-order valence-electron chi connectivity index (χ4n) is 3.59. The highest BCUT2D eigenvalue weighted by atomic mass is 16.7. The maximum Gasteiger partial charge on any atom is 0.184 e. The maximum atomic E-state index is 11.0. The van der Waals surface area contributed by atoms with Gasteiger partial charge in [-0.2, -0.15) is 0 Å². The molecule has 6 nitrogen and oxygen atoms in total. The minimum absolute atomic E-state index is 0.263. The van der Waals surface area contributed by atoms with E-state index in [-0.39, 0.29) is 12.1 Å². The first-order chi connectivity index (χ1) is 11.7. The molecule has 1 aromatic rings. The van der Waals surface area contributed by atoms with Crippen LogP contribution in [0.25, 0.3) is 0 Å². The number of aliphatic hydroxyl groups excluding tert-OH is 1. The van der Waals surface area contributed by atoms with Crippen LogP contribution in [0.3, 0.4) is 0 Å². The molecule has 2 aliphatic rings. The van der Waals surface area contributed by atoms with Crippen molar-refractivity contribution < 1.29 is 24.1 Å². The summed E-state index contributed by atoms with van der Waals surface area (Å²) in [6.07, 6.45) is -2.47. The first-order valence-corrected chi connectivity index (χ1v) is 8.62. The third-order valence-electron chi connectivity index (χ3n) is 4.87. The molecule has 1 aromatic carbocycles. The molecule has 0 radical (unpaired) electrons. The SMILES string of the molecule is CCN(CC)[C@H]1[C@H](OC)O[C@@H]2CO[C@@H](c3ccccc3)O[C@H]2[C@@H]1O. The molecule has 6 heteroatoms. The van der Waals surface area contributed by atoms with Crippen LogP contribution in [0.4, 0.5) is 0 Å². The Morgan fingerprint density at radius 2 is 1.88 bits per heavy atom. The molecule has 0 bridgehead atoms. The molecule has 2 aliphatic heterocycles. The van der Waals surface area contributed by atoms with Gasteiger partial charge in [0.05, 0.1) is 12.6 Å². The molecule has 1 N–H and O–H groups in total. The van der Waals surface area contributed by atoms with Gasteiger partial charge >= 0.3 is 0 Å². The molecule has 2 saturated heterocycles. The predicted octanol–water partition coefficient (Wildman–Crippen LogP) is 1.54. The average Bonchev–Trinajstić information content (AvgIpc) is 2.64. The Bertz CT molecular complexity index is 509. The van der Waals surface area contributed by atoms with E-state index >= 15 is 0 Å². The zero-order valence-electron chi connectivity index (χ0n) is 14.5. The number of aliphatic hydroxyl groups is 1. The largest absolute Gasteiger partial charge is 0.388 e. The Kier molecular flexibility index (Phi) is 5.86. The third kappa shape index (κ3) is 3.35. The third-order valence-corrected chi connectivity index (χ3v) is 4.87. The zero-order chi connectivity index (χ0) is 17.1. The summed E-state index contributed by atoms with van der Waals surface area (Å²) in [7, 11) is 1.60. The topological polar surface area (TPSA) is 60.4 Å². The number of nitrogens with zero attached hydrogens (tertiary/aromatic N) is 1. The highest BCUT2D eigenvalue weighted by Gasteiger charge is 2.50. The summed E-state index contributed by atoms with van der Waals surface area (Å²) in [6, 6.07) is 9.50. The number of methoxy groups -OCH3 is 1. The number of hydrogen-bond donors (Lipinski definition) is 1. The monoisotopic (exact) mass is 337 g/mol. The van der Waals surface area contributed by atoms with Crippen LogP contribution < -0.4 is 0 Å². The van der Waals surface area contributed by atoms with Crippen molar-refractivity contribution in [3.05, 3.63) is 35.9 Å². The van der Waals surface area contributed by atoms with Crippen LogP contribution in [0.15, 0.2) is 30.3 Å². The molecule has 0 spiro atoms. The number of rotatable bonds is 5. The molecular weight excluding hydrogens is 310 g/mol. The first kappa shape index (κ1) is 17.8. The second kappa shape index (κ2) is 7.91. The van der Waals surface area contributed by atoms with Crippen LogP contribution in [0.2, 0.25) is 0 Å². The van der Waals surface area contributed by atoms with E-state index in [1.807, 2.05) is 30.3 Å². The zero-order valence-corrected chi connectivity index (χ0v) is 14.5. The van der Waals surface area contributed by atoms with Crippen LogP contribution in [0.1, 0.15) is 25.7 Å². The molecule has 2 heterocycles. The van der Waals surface area contributed by atoms with Gasteiger partial charge in [0.25, 0.3) is 0 Å². The van der Waals surface area contributed by atoms with Gasteiger partial charge in [0, 0.05) is 12.7 Å². The summed E-state index contributed by atoms with van der Waals surface area (Å²) in [6.45, 7) is 6.10. The van der Waals surface area contributed by atoms with Gasteiger partial charge in [-0.25, -0.2) is 0 Å². The molecule has 0 amide bonds. The van der Waals surface area contributed by atoms with Crippen LogP contribution in [0.5, 0.6) is 0 Å². The number of hydrogen-bond acceptors (Lipinski definition) is 6. The normalized spacial score (nSPS) is 36.5. The van der Waals surface area contributed by atoms with Gasteiger partial charge < -0.3 is 24.1 Å². The predicted molar refractivity (Wildman–Crippen MR) is 88.4 cm³/mol. The van der Waals surface area contributed by atoms with E-state index in [1.54, 1.807) is 7.11 Å². The van der Waals surface area contributed by atoms with E-state index in [2.05, 4.69) is 18.7 Å². The van der Waals surface area contributed by atoms with Gasteiger partial charge in [-0.3, -0.25) is 4.90 Å². The molecule has 0 aliphatic carbocycles. The van der Waals surface area contributed by atoms with Gasteiger partial charge in [0.15, 0.2) is 12.6 Å². The lowest BCUT2D eigenvalue weighted by Crippen LogP contribution is -2.66. The average molecular weight is 337 g/mol. The Balaban J connectivity index is 1.79. The van der Waals surface area contributed by atoms with E-state index in [1.165, 1.54) is 0 Å². The van der Waals surface area contributed by atoms with Crippen molar-refractivity contribution in [3.63, 3.8) is 0 Å². The van der Waals surface area contributed by atoms with Gasteiger partial charge in [-0.1, -0.05) is 44.2 Å². The maximum absolute atomic E-state index is 11.0. The minimum Gasteiger partial charge on any atom is -0.388 e. The van der Waals surface area contributed by atoms with Crippen molar-refractivity contribution in [1.82, 2.24) is 4.90 Å². The van der Waals surface area contributed by atoms with E-state index in [4.69, 9.17) is 18.9 Å². The van der Waals surface area contributed by atoms with Crippen molar-refractivity contribution in [1.29, 1.82) is 0 Å². The quantitative estimate of drug-likeness (QED) is 0.880. The Labute approximate surface area is 143 Å². The number of ether oxygens (including phenoxy) is 4. The Morgan fingerprint density at radius 1 is 1.17 bits per heavy atom. The van der Waals surface area contributed by atoms with Crippen molar-refractivity contribution in [2.75, 3.05) is 26.8 Å². The van der Waals surface area contributed by atoms with Gasteiger partial charge in [0.1, 0.15) is 18.3 Å². The summed E-state index contributed by atoms with van der Waals surface area (Å²) in [5.74, 6) is 0. The van der Waals surface area contributed by atoms with Crippen LogP contribution in [0, 0.1) is 0 Å². The summed E-state index contributed by atoms with van der Waals surface area (Å²) in [5, 5.41) is 11.0. The smallest absolute Gasteiger partial charge is 0.184 e. The van der Waals surface area contributed by atoms with Crippen molar-refractivity contribution >= 4 is 0 Å². The Morgan fingerprint density at radius 3 is 2.50 bits per heavy atom. The van der Waals surface area contributed by atoms with E-state index in [9.17, 15) is 5.11 Å². The van der Waals surface area contributed by atoms with E-state index in [0.717, 1.165) is 18.7 Å². The van der Waals surface area contributed by atoms with Crippen molar-refractivity contribution in [2.45, 2.75) is 50.8 Å². The number of benzene rings is 1. The molecule has 2 fully saturated rings. The molecule has 24 heavy (non-hydrogen) atoms. The highest BCUT2D eigenvalue weighted by Crippen LogP contribution is 2.35. The highest BCUT2D eigenvalue weighted by molar-refractivity contribution is 5.16. The van der Waals surface area contributed by atoms with Gasteiger partial charge in [0.2, 0.25) is 0 Å². The van der Waals surface area contributed by atoms with Gasteiger partial charge in [-0.05, 0) is 13.1 Å². The van der Waals surface area contributed by atoms with Crippen molar-refractivity contribution in [2.24, 2.45) is 0 Å². The lowest BCUT2D eigenvalue weighted by atomic mass is 9.94. The Hall–Kier alpha value is -1.02. The molecule has 6 atom stereocenters. The van der Waals surface area contributed by atoms with Crippen LogP contribution in [-0.2, 0) is 18.9 Å². The molecule has 0 saturated carbocycles. The second-order valence-electron chi connectivity index (χ2n) is 6.16. The molecular formula is C18H27NO5. The van der Waals surface area contributed by atoms with Crippen LogP contribution >= 0.6 is 0 Å². The number of likely N-dealkylation sites (N-methyl/N-ethyl adjacent to an activating group) is 1. The molecule has 134 valence electrons. The minimum atomic E-state index is -0.705. The fraction of sp³-hybridized carbons (Fsp3) is 0.667. The van der Waals surface area contributed by atoms with E-state index < -0.39 is 24.8 Å². The van der Waals surface area contributed by atoms with E-state index in [0.29, 0.717) is 6.61 Å². The van der Waals surface area contributed by atoms with Crippen molar-refractivity contribution in [3.8, 4) is 0 Å². The van der Waals surface area contributed by atoms with Gasteiger partial charge in [-0.15, -0.1) is 0 Å². The first-order valence-electron chi connectivity index (χ1n) is 8.62. The lowest BCUT2D eigenvalue weighted by molar-refractivity contribution is -0.350. The van der Waals surface area contributed by atoms with Crippen LogP contribution in [-0.4, -0.2) is 67.5 Å².